The predicted octanol–water partition coefficient (Wildman–Crippen LogP) is 3.82. The summed E-state index contributed by atoms with van der Waals surface area (Å²) in [5, 5.41) is 3.39. The van der Waals surface area contributed by atoms with Crippen LogP contribution in [-0.4, -0.2) is 4.98 Å². The third-order valence-electron chi connectivity index (χ3n) is 2.75. The van der Waals surface area contributed by atoms with E-state index in [2.05, 4.69) is 48.4 Å². The third-order valence-corrected chi connectivity index (χ3v) is 2.75. The van der Waals surface area contributed by atoms with Gasteiger partial charge in [0.25, 0.3) is 0 Å². The number of benzene rings is 1. The van der Waals surface area contributed by atoms with Crippen LogP contribution in [0.4, 0.5) is 5.69 Å². The van der Waals surface area contributed by atoms with E-state index in [1.165, 1.54) is 5.56 Å². The van der Waals surface area contributed by atoms with Crippen LogP contribution < -0.4 is 5.32 Å². The number of nitrogens with one attached hydrogen (secondary N) is 1. The van der Waals surface area contributed by atoms with Gasteiger partial charge < -0.3 is 5.32 Å². The first-order valence-corrected chi connectivity index (χ1v) is 5.99. The largest absolute Gasteiger partial charge is 0.379 e. The van der Waals surface area contributed by atoms with Crippen molar-refractivity contribution in [2.45, 2.75) is 26.3 Å². The van der Waals surface area contributed by atoms with Crippen LogP contribution in [0.3, 0.4) is 0 Å². The van der Waals surface area contributed by atoms with Gasteiger partial charge in [-0.15, -0.1) is 0 Å². The van der Waals surface area contributed by atoms with Crippen molar-refractivity contribution in [1.29, 1.82) is 0 Å². The number of pyridine rings is 1. The van der Waals surface area contributed by atoms with E-state index in [1.54, 1.807) is 0 Å². The maximum absolute atomic E-state index is 4.29. The monoisotopic (exact) mass is 226 g/mol. The Morgan fingerprint density at radius 1 is 1.12 bits per heavy atom. The standard InChI is InChI=1S/C15H18N2/c1-12(2)13-6-5-8-14(10-13)17-11-15-7-3-4-9-16-15/h3-10,12,17H,11H2,1-2H3. The van der Waals surface area contributed by atoms with Gasteiger partial charge in [0.1, 0.15) is 0 Å². The zero-order valence-electron chi connectivity index (χ0n) is 10.4. The molecule has 0 bridgehead atoms. The third kappa shape index (κ3) is 3.31. The first-order chi connectivity index (χ1) is 8.25. The van der Waals surface area contributed by atoms with Gasteiger partial charge in [-0.05, 0) is 35.7 Å². The van der Waals surface area contributed by atoms with Crippen LogP contribution in [0.15, 0.2) is 48.7 Å². The second-order valence-corrected chi connectivity index (χ2v) is 4.45. The maximum atomic E-state index is 4.29. The van der Waals surface area contributed by atoms with Crippen molar-refractivity contribution < 1.29 is 0 Å². The highest BCUT2D eigenvalue weighted by molar-refractivity contribution is 5.46. The first-order valence-electron chi connectivity index (χ1n) is 5.99. The van der Waals surface area contributed by atoms with E-state index >= 15 is 0 Å². The van der Waals surface area contributed by atoms with Gasteiger partial charge in [0.05, 0.1) is 12.2 Å². The predicted molar refractivity (Wildman–Crippen MR) is 72.1 cm³/mol. The number of nitrogens with zero attached hydrogens (tertiary/aromatic N) is 1. The molecule has 88 valence electrons. The van der Waals surface area contributed by atoms with Gasteiger partial charge in [-0.3, -0.25) is 4.98 Å². The highest BCUT2D eigenvalue weighted by atomic mass is 14.9. The molecule has 2 nitrogen and oxygen atoms in total. The zero-order chi connectivity index (χ0) is 12.1. The Morgan fingerprint density at radius 3 is 2.71 bits per heavy atom. The van der Waals surface area contributed by atoms with Crippen molar-refractivity contribution >= 4 is 5.69 Å². The molecule has 1 aromatic carbocycles. The quantitative estimate of drug-likeness (QED) is 0.857. The number of hydrogen-bond donors (Lipinski definition) is 1. The smallest absolute Gasteiger partial charge is 0.0594 e. The minimum atomic E-state index is 0.562. The molecule has 0 saturated carbocycles. The Kier molecular flexibility index (Phi) is 3.76. The first kappa shape index (κ1) is 11.6. The maximum Gasteiger partial charge on any atom is 0.0594 e. The fourth-order valence-corrected chi connectivity index (χ4v) is 1.70. The van der Waals surface area contributed by atoms with E-state index in [0.717, 1.165) is 17.9 Å². The van der Waals surface area contributed by atoms with Gasteiger partial charge >= 0.3 is 0 Å². The molecule has 0 unspecified atom stereocenters. The molecule has 17 heavy (non-hydrogen) atoms. The Hall–Kier alpha value is -1.83. The molecule has 0 aliphatic rings. The van der Waals surface area contributed by atoms with Gasteiger partial charge in [-0.2, -0.15) is 0 Å². The summed E-state index contributed by atoms with van der Waals surface area (Å²) in [7, 11) is 0. The van der Waals surface area contributed by atoms with Crippen LogP contribution in [0.5, 0.6) is 0 Å². The van der Waals surface area contributed by atoms with Crippen molar-refractivity contribution in [2.75, 3.05) is 5.32 Å². The van der Waals surface area contributed by atoms with Crippen LogP contribution >= 0.6 is 0 Å². The summed E-state index contributed by atoms with van der Waals surface area (Å²) in [6, 6.07) is 14.5. The molecule has 0 saturated heterocycles. The fourth-order valence-electron chi connectivity index (χ4n) is 1.70. The van der Waals surface area contributed by atoms with E-state index in [9.17, 15) is 0 Å². The molecular weight excluding hydrogens is 208 g/mol. The highest BCUT2D eigenvalue weighted by Gasteiger charge is 2.00. The molecule has 0 aliphatic heterocycles. The highest BCUT2D eigenvalue weighted by Crippen LogP contribution is 2.18. The molecule has 0 radical (unpaired) electrons. The molecule has 0 spiro atoms. The van der Waals surface area contributed by atoms with Crippen LogP contribution in [0, 0.1) is 0 Å². The Morgan fingerprint density at radius 2 is 2.00 bits per heavy atom. The van der Waals surface area contributed by atoms with E-state index < -0.39 is 0 Å². The number of anilines is 1. The van der Waals surface area contributed by atoms with Crippen LogP contribution in [0.1, 0.15) is 31.0 Å². The number of aromatic nitrogens is 1. The van der Waals surface area contributed by atoms with Crippen molar-refractivity contribution in [1.82, 2.24) is 4.98 Å². The normalized spacial score (nSPS) is 10.5. The fraction of sp³-hybridized carbons (Fsp3) is 0.267. The van der Waals surface area contributed by atoms with Crippen LogP contribution in [0.25, 0.3) is 0 Å². The summed E-state index contributed by atoms with van der Waals surface area (Å²) in [5.41, 5.74) is 3.57. The molecular formula is C15H18N2. The molecule has 0 amide bonds. The van der Waals surface area contributed by atoms with E-state index in [0.29, 0.717) is 5.92 Å². The second-order valence-electron chi connectivity index (χ2n) is 4.45. The molecule has 1 aromatic heterocycles. The molecule has 1 heterocycles. The SMILES string of the molecule is CC(C)c1cccc(NCc2ccccn2)c1. The number of hydrogen-bond acceptors (Lipinski definition) is 2. The Balaban J connectivity index is 2.02. The van der Waals surface area contributed by atoms with Crippen molar-refractivity contribution in [3.63, 3.8) is 0 Å². The summed E-state index contributed by atoms with van der Waals surface area (Å²) in [6.45, 7) is 5.18. The molecule has 0 aliphatic carbocycles. The Bertz CT molecular complexity index is 463. The van der Waals surface area contributed by atoms with Gasteiger partial charge in [0.15, 0.2) is 0 Å². The van der Waals surface area contributed by atoms with Crippen molar-refractivity contribution in [3.05, 3.63) is 59.9 Å². The number of rotatable bonds is 4. The van der Waals surface area contributed by atoms with Gasteiger partial charge in [0.2, 0.25) is 0 Å². The average molecular weight is 226 g/mol. The summed E-state index contributed by atoms with van der Waals surface area (Å²) >= 11 is 0. The summed E-state index contributed by atoms with van der Waals surface area (Å²) < 4.78 is 0. The lowest BCUT2D eigenvalue weighted by molar-refractivity contribution is 0.866. The summed E-state index contributed by atoms with van der Waals surface area (Å²) in [4.78, 5) is 4.29. The lowest BCUT2D eigenvalue weighted by Gasteiger charge is -2.10. The van der Waals surface area contributed by atoms with E-state index in [1.807, 2.05) is 24.4 Å². The molecule has 2 rings (SSSR count). The van der Waals surface area contributed by atoms with Gasteiger partial charge in [-0.1, -0.05) is 32.0 Å². The van der Waals surface area contributed by atoms with E-state index in [4.69, 9.17) is 0 Å². The minimum Gasteiger partial charge on any atom is -0.379 e. The average Bonchev–Trinajstić information content (AvgIpc) is 2.38. The second kappa shape index (κ2) is 5.48. The van der Waals surface area contributed by atoms with E-state index in [-0.39, 0.29) is 0 Å². The lowest BCUT2D eigenvalue weighted by atomic mass is 10.0. The van der Waals surface area contributed by atoms with Crippen molar-refractivity contribution in [3.8, 4) is 0 Å². The summed E-state index contributed by atoms with van der Waals surface area (Å²) in [5.74, 6) is 0.562. The zero-order valence-corrected chi connectivity index (χ0v) is 10.4. The topological polar surface area (TPSA) is 24.9 Å². The van der Waals surface area contributed by atoms with Gasteiger partial charge in [-0.25, -0.2) is 0 Å². The molecule has 0 atom stereocenters. The molecule has 1 N–H and O–H groups in total. The molecule has 2 heteroatoms. The van der Waals surface area contributed by atoms with Gasteiger partial charge in [0, 0.05) is 11.9 Å². The molecule has 0 fully saturated rings. The summed E-state index contributed by atoms with van der Waals surface area (Å²) in [6.07, 6.45) is 1.82. The van der Waals surface area contributed by atoms with Crippen molar-refractivity contribution in [2.24, 2.45) is 0 Å². The molecule has 2 aromatic rings. The minimum absolute atomic E-state index is 0.562. The Labute approximate surface area is 103 Å². The van der Waals surface area contributed by atoms with Crippen LogP contribution in [-0.2, 0) is 6.54 Å². The lowest BCUT2D eigenvalue weighted by Crippen LogP contribution is -2.01. The van der Waals surface area contributed by atoms with Crippen LogP contribution in [0.2, 0.25) is 0 Å².